The van der Waals surface area contributed by atoms with Gasteiger partial charge in [0, 0.05) is 5.69 Å². The van der Waals surface area contributed by atoms with Gasteiger partial charge in [0.1, 0.15) is 11.9 Å². The first-order valence-electron chi connectivity index (χ1n) is 4.89. The van der Waals surface area contributed by atoms with E-state index in [1.807, 2.05) is 0 Å². The minimum atomic E-state index is -3.50. The molecule has 0 spiro atoms. The molecule has 92 valence electrons. The summed E-state index contributed by atoms with van der Waals surface area (Å²) in [6.07, 6.45) is 0.335. The lowest BCUT2D eigenvalue weighted by atomic mass is 10.2. The van der Waals surface area contributed by atoms with Crippen LogP contribution in [-0.4, -0.2) is 20.7 Å². The first-order valence-corrected chi connectivity index (χ1v) is 6.54. The molecule has 0 saturated heterocycles. The molecule has 3 N–H and O–H groups in total. The van der Waals surface area contributed by atoms with Gasteiger partial charge in [-0.25, -0.2) is 12.8 Å². The van der Waals surface area contributed by atoms with E-state index in [4.69, 9.17) is 11.0 Å². The van der Waals surface area contributed by atoms with Crippen LogP contribution in [0.3, 0.4) is 0 Å². The van der Waals surface area contributed by atoms with Crippen molar-refractivity contribution in [3.05, 3.63) is 29.6 Å². The molecule has 7 heteroatoms. The van der Waals surface area contributed by atoms with E-state index in [1.165, 1.54) is 6.07 Å². The highest BCUT2D eigenvalue weighted by atomic mass is 32.2. The van der Waals surface area contributed by atoms with Crippen molar-refractivity contribution < 1.29 is 12.8 Å². The number of rotatable bonds is 5. The molecule has 0 heterocycles. The summed E-state index contributed by atoms with van der Waals surface area (Å²) in [5, 5.41) is 8.60. The highest BCUT2D eigenvalue weighted by molar-refractivity contribution is 7.92. The zero-order chi connectivity index (χ0) is 12.9. The summed E-state index contributed by atoms with van der Waals surface area (Å²) < 4.78 is 38.2. The summed E-state index contributed by atoms with van der Waals surface area (Å²) in [6, 6.07) is 5.08. The maximum absolute atomic E-state index is 13.0. The Hall–Kier alpha value is -1.65. The third-order valence-electron chi connectivity index (χ3n) is 1.98. The molecule has 1 rings (SSSR count). The van der Waals surface area contributed by atoms with Gasteiger partial charge in [0.2, 0.25) is 10.0 Å². The average molecular weight is 257 g/mol. The Morgan fingerprint density at radius 2 is 2.18 bits per heavy atom. The van der Waals surface area contributed by atoms with Gasteiger partial charge < -0.3 is 5.73 Å². The number of halogens is 1. The van der Waals surface area contributed by atoms with Crippen LogP contribution < -0.4 is 10.5 Å². The lowest BCUT2D eigenvalue weighted by molar-refractivity contribution is 0.598. The van der Waals surface area contributed by atoms with Gasteiger partial charge in [-0.2, -0.15) is 5.26 Å². The summed E-state index contributed by atoms with van der Waals surface area (Å²) in [4.78, 5) is 0. The number of nitrogens with two attached hydrogens (primary N) is 1. The highest BCUT2D eigenvalue weighted by Crippen LogP contribution is 2.15. The number of nitrogens with one attached hydrogen (secondary N) is 1. The normalized spacial score (nSPS) is 10.9. The molecular weight excluding hydrogens is 245 g/mol. The number of nitriles is 1. The molecule has 0 aliphatic heterocycles. The van der Waals surface area contributed by atoms with Crippen LogP contribution in [0, 0.1) is 17.1 Å². The Bertz CT molecular complexity index is 537. The van der Waals surface area contributed by atoms with Crippen LogP contribution in [0.5, 0.6) is 0 Å². The van der Waals surface area contributed by atoms with Crippen LogP contribution in [0.15, 0.2) is 18.2 Å². The van der Waals surface area contributed by atoms with Crippen molar-refractivity contribution in [2.75, 3.05) is 17.0 Å². The lowest BCUT2D eigenvalue weighted by Crippen LogP contribution is -2.19. The molecule has 0 aliphatic carbocycles. The molecule has 1 aromatic rings. The van der Waals surface area contributed by atoms with E-state index in [-0.39, 0.29) is 23.5 Å². The number of nitrogens with zero attached hydrogens (tertiary/aromatic N) is 1. The zero-order valence-electron chi connectivity index (χ0n) is 8.98. The van der Waals surface area contributed by atoms with E-state index >= 15 is 0 Å². The molecule has 0 fully saturated rings. The molecule has 17 heavy (non-hydrogen) atoms. The van der Waals surface area contributed by atoms with Crippen LogP contribution in [0.2, 0.25) is 0 Å². The van der Waals surface area contributed by atoms with Crippen molar-refractivity contribution in [1.29, 1.82) is 5.26 Å². The summed E-state index contributed by atoms with van der Waals surface area (Å²) in [5.74, 6) is -0.791. The van der Waals surface area contributed by atoms with Crippen molar-refractivity contribution in [1.82, 2.24) is 0 Å². The number of sulfonamides is 1. The molecule has 0 atom stereocenters. The smallest absolute Gasteiger partial charge is 0.232 e. The van der Waals surface area contributed by atoms with Gasteiger partial charge in [-0.3, -0.25) is 4.72 Å². The van der Waals surface area contributed by atoms with Crippen molar-refractivity contribution in [3.8, 4) is 6.07 Å². The van der Waals surface area contributed by atoms with E-state index in [0.717, 1.165) is 12.1 Å². The maximum atomic E-state index is 13.0. The standard InChI is InChI=1S/C10H12FN3O2S/c11-10-3-2-9(6-8(10)7-13)14-17(15,16)5-1-4-12/h2-3,6,14H,1,4-5,12H2. The van der Waals surface area contributed by atoms with Gasteiger partial charge in [0.25, 0.3) is 0 Å². The fourth-order valence-corrected chi connectivity index (χ4v) is 2.31. The number of benzene rings is 1. The Balaban J connectivity index is 2.86. The molecule has 0 amide bonds. The second-order valence-corrected chi connectivity index (χ2v) is 5.21. The predicted octanol–water partition coefficient (Wildman–Crippen LogP) is 0.788. The maximum Gasteiger partial charge on any atom is 0.232 e. The molecule has 0 aliphatic rings. The van der Waals surface area contributed by atoms with Crippen molar-refractivity contribution in [2.45, 2.75) is 6.42 Å². The van der Waals surface area contributed by atoms with Crippen LogP contribution in [0.1, 0.15) is 12.0 Å². The van der Waals surface area contributed by atoms with Crippen molar-refractivity contribution in [3.63, 3.8) is 0 Å². The van der Waals surface area contributed by atoms with Crippen LogP contribution in [-0.2, 0) is 10.0 Å². The third-order valence-corrected chi connectivity index (χ3v) is 3.35. The monoisotopic (exact) mass is 257 g/mol. The minimum Gasteiger partial charge on any atom is -0.330 e. The molecule has 1 aromatic carbocycles. The van der Waals surface area contributed by atoms with E-state index in [1.54, 1.807) is 6.07 Å². The highest BCUT2D eigenvalue weighted by Gasteiger charge is 2.11. The summed E-state index contributed by atoms with van der Waals surface area (Å²) in [7, 11) is -3.50. The van der Waals surface area contributed by atoms with E-state index in [2.05, 4.69) is 4.72 Å². The van der Waals surface area contributed by atoms with Gasteiger partial charge in [0.15, 0.2) is 0 Å². The molecule has 5 nitrogen and oxygen atoms in total. The molecular formula is C10H12FN3O2S. The molecule has 0 aromatic heterocycles. The first-order chi connectivity index (χ1) is 7.98. The molecule has 0 radical (unpaired) electrons. The minimum absolute atomic E-state index is 0.108. The second-order valence-electron chi connectivity index (χ2n) is 3.37. The fourth-order valence-electron chi connectivity index (χ4n) is 1.18. The van der Waals surface area contributed by atoms with Gasteiger partial charge in [-0.15, -0.1) is 0 Å². The van der Waals surface area contributed by atoms with Crippen LogP contribution in [0.4, 0.5) is 10.1 Å². The molecule has 0 unspecified atom stereocenters. The molecule has 0 bridgehead atoms. The van der Waals surface area contributed by atoms with Crippen molar-refractivity contribution in [2.24, 2.45) is 5.73 Å². The summed E-state index contributed by atoms with van der Waals surface area (Å²) in [5.41, 5.74) is 5.17. The Labute approximate surface area is 99.1 Å². The number of hydrogen-bond donors (Lipinski definition) is 2. The number of hydrogen-bond acceptors (Lipinski definition) is 4. The first kappa shape index (κ1) is 13.4. The second kappa shape index (κ2) is 5.61. The van der Waals surface area contributed by atoms with E-state index < -0.39 is 15.8 Å². The van der Waals surface area contributed by atoms with E-state index in [9.17, 15) is 12.8 Å². The fraction of sp³-hybridized carbons (Fsp3) is 0.300. The van der Waals surface area contributed by atoms with Crippen molar-refractivity contribution >= 4 is 15.7 Å². The third kappa shape index (κ3) is 4.01. The number of anilines is 1. The largest absolute Gasteiger partial charge is 0.330 e. The lowest BCUT2D eigenvalue weighted by Gasteiger charge is -2.07. The zero-order valence-corrected chi connectivity index (χ0v) is 9.80. The summed E-state index contributed by atoms with van der Waals surface area (Å²) in [6.45, 7) is 0.272. The van der Waals surface area contributed by atoms with Gasteiger partial charge in [-0.05, 0) is 31.2 Å². The van der Waals surface area contributed by atoms with Gasteiger partial charge in [-0.1, -0.05) is 0 Å². The quantitative estimate of drug-likeness (QED) is 0.815. The Kier molecular flexibility index (Phi) is 4.43. The molecule has 0 saturated carbocycles. The SMILES string of the molecule is N#Cc1cc(NS(=O)(=O)CCCN)ccc1F. The predicted molar refractivity (Wildman–Crippen MR) is 62.2 cm³/mol. The average Bonchev–Trinajstić information content (AvgIpc) is 2.29. The van der Waals surface area contributed by atoms with Gasteiger partial charge >= 0.3 is 0 Å². The van der Waals surface area contributed by atoms with Crippen LogP contribution >= 0.6 is 0 Å². The Morgan fingerprint density at radius 3 is 2.76 bits per heavy atom. The topological polar surface area (TPSA) is 96.0 Å². The Morgan fingerprint density at radius 1 is 1.47 bits per heavy atom. The summed E-state index contributed by atoms with van der Waals surface area (Å²) >= 11 is 0. The van der Waals surface area contributed by atoms with Gasteiger partial charge in [0.05, 0.1) is 11.3 Å². The van der Waals surface area contributed by atoms with Crippen LogP contribution in [0.25, 0.3) is 0 Å². The van der Waals surface area contributed by atoms with E-state index in [0.29, 0.717) is 6.42 Å².